The number of aliphatic hydroxyl groups is 1. The summed E-state index contributed by atoms with van der Waals surface area (Å²) in [5.41, 5.74) is 0. The SMILES string of the molecule is O[C@@H]1CCCC[C@@H]1Nc1ccc(Br)cn1. The molecule has 0 bridgehead atoms. The highest BCUT2D eigenvalue weighted by Crippen LogP contribution is 2.21. The zero-order valence-electron chi connectivity index (χ0n) is 8.49. The molecule has 0 radical (unpaired) electrons. The van der Waals surface area contributed by atoms with Gasteiger partial charge in [0, 0.05) is 10.7 Å². The maximum absolute atomic E-state index is 9.79. The molecule has 3 nitrogen and oxygen atoms in total. The van der Waals surface area contributed by atoms with Gasteiger partial charge in [-0.05, 0) is 40.9 Å². The number of hydrogen-bond acceptors (Lipinski definition) is 3. The average molecular weight is 271 g/mol. The first-order chi connectivity index (χ1) is 7.25. The Labute approximate surface area is 98.0 Å². The normalized spacial score (nSPS) is 26.3. The van der Waals surface area contributed by atoms with Crippen LogP contribution in [0.15, 0.2) is 22.8 Å². The number of hydrogen-bond donors (Lipinski definition) is 2. The third kappa shape index (κ3) is 2.92. The fraction of sp³-hybridized carbons (Fsp3) is 0.545. The highest BCUT2D eigenvalue weighted by Gasteiger charge is 2.22. The van der Waals surface area contributed by atoms with Gasteiger partial charge in [-0.2, -0.15) is 0 Å². The predicted octanol–water partition coefficient (Wildman–Crippen LogP) is 2.56. The molecule has 1 fully saturated rings. The van der Waals surface area contributed by atoms with E-state index in [1.807, 2.05) is 12.1 Å². The molecule has 2 N–H and O–H groups in total. The molecule has 1 saturated carbocycles. The van der Waals surface area contributed by atoms with E-state index in [2.05, 4.69) is 26.2 Å². The number of anilines is 1. The quantitative estimate of drug-likeness (QED) is 0.869. The Bertz CT molecular complexity index is 315. The van der Waals surface area contributed by atoms with Crippen LogP contribution in [0.4, 0.5) is 5.82 Å². The van der Waals surface area contributed by atoms with Crippen molar-refractivity contribution in [2.75, 3.05) is 5.32 Å². The lowest BCUT2D eigenvalue weighted by Gasteiger charge is -2.28. The number of aliphatic hydroxyl groups excluding tert-OH is 1. The fourth-order valence-electron chi connectivity index (χ4n) is 1.93. The van der Waals surface area contributed by atoms with E-state index < -0.39 is 0 Å². The molecule has 2 atom stereocenters. The molecule has 1 aliphatic carbocycles. The Balaban J connectivity index is 1.98. The minimum absolute atomic E-state index is 0.160. The van der Waals surface area contributed by atoms with Gasteiger partial charge in [-0.15, -0.1) is 0 Å². The molecule has 0 saturated heterocycles. The van der Waals surface area contributed by atoms with E-state index in [1.54, 1.807) is 6.20 Å². The van der Waals surface area contributed by atoms with E-state index in [1.165, 1.54) is 6.42 Å². The number of halogens is 1. The van der Waals surface area contributed by atoms with Crippen LogP contribution in [0.2, 0.25) is 0 Å². The van der Waals surface area contributed by atoms with Gasteiger partial charge < -0.3 is 10.4 Å². The molecule has 1 aromatic rings. The summed E-state index contributed by atoms with van der Waals surface area (Å²) < 4.78 is 0.970. The van der Waals surface area contributed by atoms with Crippen molar-refractivity contribution >= 4 is 21.7 Å². The minimum Gasteiger partial charge on any atom is -0.391 e. The Morgan fingerprint density at radius 2 is 2.13 bits per heavy atom. The molecule has 1 aromatic heterocycles. The summed E-state index contributed by atoms with van der Waals surface area (Å²) in [6.07, 6.45) is 5.77. The standard InChI is InChI=1S/C11H15BrN2O/c12-8-5-6-11(13-7-8)14-9-3-1-2-4-10(9)15/h5-7,9-10,15H,1-4H2,(H,13,14)/t9-,10+/m0/s1. The maximum Gasteiger partial charge on any atom is 0.126 e. The van der Waals surface area contributed by atoms with Crippen molar-refractivity contribution in [2.45, 2.75) is 37.8 Å². The molecular weight excluding hydrogens is 256 g/mol. The van der Waals surface area contributed by atoms with Crippen molar-refractivity contribution in [3.63, 3.8) is 0 Å². The molecule has 1 aliphatic rings. The second-order valence-corrected chi connectivity index (χ2v) is 4.88. The van der Waals surface area contributed by atoms with E-state index in [9.17, 15) is 5.11 Å². The number of nitrogens with zero attached hydrogens (tertiary/aromatic N) is 1. The summed E-state index contributed by atoms with van der Waals surface area (Å²) in [6, 6.07) is 4.03. The summed E-state index contributed by atoms with van der Waals surface area (Å²) in [5, 5.41) is 13.1. The second-order valence-electron chi connectivity index (χ2n) is 3.96. The molecule has 0 unspecified atom stereocenters. The van der Waals surface area contributed by atoms with Crippen LogP contribution in [-0.4, -0.2) is 22.2 Å². The van der Waals surface area contributed by atoms with Gasteiger partial charge in [0.25, 0.3) is 0 Å². The monoisotopic (exact) mass is 270 g/mol. The lowest BCUT2D eigenvalue weighted by molar-refractivity contribution is 0.116. The van der Waals surface area contributed by atoms with Crippen LogP contribution >= 0.6 is 15.9 Å². The van der Waals surface area contributed by atoms with Crippen LogP contribution in [0.25, 0.3) is 0 Å². The average Bonchev–Trinajstić information content (AvgIpc) is 2.25. The topological polar surface area (TPSA) is 45.1 Å². The van der Waals surface area contributed by atoms with Crippen LogP contribution in [0, 0.1) is 0 Å². The molecule has 0 spiro atoms. The van der Waals surface area contributed by atoms with Crippen molar-refractivity contribution in [1.82, 2.24) is 4.98 Å². The molecule has 4 heteroatoms. The van der Waals surface area contributed by atoms with Gasteiger partial charge in [-0.25, -0.2) is 4.98 Å². The Kier molecular flexibility index (Phi) is 3.59. The summed E-state index contributed by atoms with van der Waals surface area (Å²) in [4.78, 5) is 4.24. The van der Waals surface area contributed by atoms with E-state index >= 15 is 0 Å². The summed E-state index contributed by atoms with van der Waals surface area (Å²) in [6.45, 7) is 0. The largest absolute Gasteiger partial charge is 0.391 e. The molecular formula is C11H15BrN2O. The van der Waals surface area contributed by atoms with Gasteiger partial charge in [0.15, 0.2) is 0 Å². The molecule has 0 amide bonds. The highest BCUT2D eigenvalue weighted by molar-refractivity contribution is 9.10. The minimum atomic E-state index is -0.232. The summed E-state index contributed by atoms with van der Waals surface area (Å²) in [5.74, 6) is 0.837. The van der Waals surface area contributed by atoms with Crippen molar-refractivity contribution in [2.24, 2.45) is 0 Å². The third-order valence-corrected chi connectivity index (χ3v) is 3.26. The van der Waals surface area contributed by atoms with Gasteiger partial charge in [-0.3, -0.25) is 0 Å². The maximum atomic E-state index is 9.79. The van der Waals surface area contributed by atoms with Gasteiger partial charge in [0.05, 0.1) is 12.1 Å². The van der Waals surface area contributed by atoms with E-state index in [0.717, 1.165) is 29.6 Å². The zero-order valence-corrected chi connectivity index (χ0v) is 10.1. The number of rotatable bonds is 2. The van der Waals surface area contributed by atoms with Crippen molar-refractivity contribution in [1.29, 1.82) is 0 Å². The Hall–Kier alpha value is -0.610. The molecule has 15 heavy (non-hydrogen) atoms. The molecule has 1 heterocycles. The van der Waals surface area contributed by atoms with Gasteiger partial charge in [-0.1, -0.05) is 12.8 Å². The fourth-order valence-corrected chi connectivity index (χ4v) is 2.17. The van der Waals surface area contributed by atoms with Crippen LogP contribution < -0.4 is 5.32 Å². The van der Waals surface area contributed by atoms with E-state index in [4.69, 9.17) is 0 Å². The Morgan fingerprint density at radius 3 is 2.80 bits per heavy atom. The van der Waals surface area contributed by atoms with Gasteiger partial charge in [0.2, 0.25) is 0 Å². The first-order valence-corrected chi connectivity index (χ1v) is 6.11. The third-order valence-electron chi connectivity index (χ3n) is 2.79. The van der Waals surface area contributed by atoms with Gasteiger partial charge in [0.1, 0.15) is 5.82 Å². The highest BCUT2D eigenvalue weighted by atomic mass is 79.9. The smallest absolute Gasteiger partial charge is 0.126 e. The number of aromatic nitrogens is 1. The molecule has 0 aromatic carbocycles. The lowest BCUT2D eigenvalue weighted by atomic mass is 9.92. The van der Waals surface area contributed by atoms with Crippen LogP contribution in [-0.2, 0) is 0 Å². The lowest BCUT2D eigenvalue weighted by Crippen LogP contribution is -2.36. The van der Waals surface area contributed by atoms with Crippen LogP contribution in [0.5, 0.6) is 0 Å². The summed E-state index contributed by atoms with van der Waals surface area (Å²) in [7, 11) is 0. The zero-order chi connectivity index (χ0) is 10.7. The Morgan fingerprint density at radius 1 is 1.33 bits per heavy atom. The summed E-state index contributed by atoms with van der Waals surface area (Å²) >= 11 is 3.34. The number of nitrogens with one attached hydrogen (secondary N) is 1. The second kappa shape index (κ2) is 4.94. The van der Waals surface area contributed by atoms with Crippen molar-refractivity contribution in [3.8, 4) is 0 Å². The van der Waals surface area contributed by atoms with Gasteiger partial charge >= 0.3 is 0 Å². The predicted molar refractivity (Wildman–Crippen MR) is 63.8 cm³/mol. The van der Waals surface area contributed by atoms with E-state index in [0.29, 0.717) is 0 Å². The molecule has 0 aliphatic heterocycles. The number of pyridine rings is 1. The van der Waals surface area contributed by atoms with Crippen molar-refractivity contribution in [3.05, 3.63) is 22.8 Å². The first kappa shape index (κ1) is 10.9. The van der Waals surface area contributed by atoms with E-state index in [-0.39, 0.29) is 12.1 Å². The van der Waals surface area contributed by atoms with Crippen LogP contribution in [0.3, 0.4) is 0 Å². The van der Waals surface area contributed by atoms with Crippen molar-refractivity contribution < 1.29 is 5.11 Å². The molecule has 82 valence electrons. The van der Waals surface area contributed by atoms with Crippen LogP contribution in [0.1, 0.15) is 25.7 Å². The first-order valence-electron chi connectivity index (χ1n) is 5.32. The molecule has 2 rings (SSSR count).